The molecule has 0 fully saturated rings. The third-order valence-electron chi connectivity index (χ3n) is 2.45. The zero-order valence-corrected chi connectivity index (χ0v) is 11.6. The fourth-order valence-electron chi connectivity index (χ4n) is 1.60. The number of halogens is 2. The van der Waals surface area contributed by atoms with E-state index in [1.165, 1.54) is 0 Å². The van der Waals surface area contributed by atoms with E-state index in [-0.39, 0.29) is 5.91 Å². The SMILES string of the molecule is Cc1ccc(C(=O)N(CCCl)CCCl)c(C)n1. The molecule has 0 unspecified atom stereocenters. The van der Waals surface area contributed by atoms with Crippen LogP contribution in [-0.4, -0.2) is 40.6 Å². The van der Waals surface area contributed by atoms with Crippen molar-refractivity contribution in [1.82, 2.24) is 9.88 Å². The van der Waals surface area contributed by atoms with Gasteiger partial charge in [-0.2, -0.15) is 0 Å². The third kappa shape index (κ3) is 3.86. The standard InChI is InChI=1S/C12H16Cl2N2O/c1-9-3-4-11(10(2)15-9)12(17)16(7-5-13)8-6-14/h3-4H,5-8H2,1-2H3. The van der Waals surface area contributed by atoms with Gasteiger partial charge in [0.25, 0.3) is 5.91 Å². The lowest BCUT2D eigenvalue weighted by molar-refractivity contribution is 0.0774. The first kappa shape index (κ1) is 14.3. The van der Waals surface area contributed by atoms with Gasteiger partial charge in [-0.05, 0) is 26.0 Å². The Labute approximate surface area is 112 Å². The predicted molar refractivity (Wildman–Crippen MR) is 71.1 cm³/mol. The average molecular weight is 275 g/mol. The maximum absolute atomic E-state index is 12.2. The van der Waals surface area contributed by atoms with E-state index in [9.17, 15) is 4.79 Å². The van der Waals surface area contributed by atoms with Gasteiger partial charge >= 0.3 is 0 Å². The Bertz CT molecular complexity index is 390. The van der Waals surface area contributed by atoms with Crippen molar-refractivity contribution in [1.29, 1.82) is 0 Å². The van der Waals surface area contributed by atoms with Crippen molar-refractivity contribution in [2.24, 2.45) is 0 Å². The first-order valence-corrected chi connectivity index (χ1v) is 6.52. The number of hydrogen-bond donors (Lipinski definition) is 0. The Morgan fingerprint density at radius 3 is 2.29 bits per heavy atom. The lowest BCUT2D eigenvalue weighted by atomic mass is 10.1. The highest BCUT2D eigenvalue weighted by molar-refractivity contribution is 6.18. The van der Waals surface area contributed by atoms with Crippen LogP contribution in [-0.2, 0) is 0 Å². The van der Waals surface area contributed by atoms with E-state index in [4.69, 9.17) is 23.2 Å². The Morgan fingerprint density at radius 1 is 1.24 bits per heavy atom. The van der Waals surface area contributed by atoms with Gasteiger partial charge in [-0.25, -0.2) is 0 Å². The average Bonchev–Trinajstić information content (AvgIpc) is 2.28. The van der Waals surface area contributed by atoms with Gasteiger partial charge in [-0.3, -0.25) is 9.78 Å². The van der Waals surface area contributed by atoms with Gasteiger partial charge in [-0.1, -0.05) is 0 Å². The van der Waals surface area contributed by atoms with Gasteiger partial charge < -0.3 is 4.90 Å². The van der Waals surface area contributed by atoms with E-state index in [0.29, 0.717) is 30.4 Å². The largest absolute Gasteiger partial charge is 0.336 e. The molecule has 1 aromatic rings. The van der Waals surface area contributed by atoms with Crippen LogP contribution < -0.4 is 0 Å². The molecule has 0 radical (unpaired) electrons. The highest BCUT2D eigenvalue weighted by atomic mass is 35.5. The number of rotatable bonds is 5. The molecule has 1 rings (SSSR count). The summed E-state index contributed by atoms with van der Waals surface area (Å²) in [5, 5.41) is 0. The first-order valence-electron chi connectivity index (χ1n) is 5.45. The molecule has 0 aliphatic heterocycles. The summed E-state index contributed by atoms with van der Waals surface area (Å²) in [6.45, 7) is 4.73. The second-order valence-electron chi connectivity index (χ2n) is 3.76. The zero-order chi connectivity index (χ0) is 12.8. The predicted octanol–water partition coefficient (Wildman–Crippen LogP) is 2.62. The number of hydrogen-bond acceptors (Lipinski definition) is 2. The molecule has 0 bridgehead atoms. The summed E-state index contributed by atoms with van der Waals surface area (Å²) < 4.78 is 0. The second kappa shape index (κ2) is 6.82. The van der Waals surface area contributed by atoms with Gasteiger partial charge in [0, 0.05) is 30.5 Å². The van der Waals surface area contributed by atoms with Crippen molar-refractivity contribution in [3.05, 3.63) is 29.1 Å². The zero-order valence-electron chi connectivity index (χ0n) is 10.0. The highest BCUT2D eigenvalue weighted by Crippen LogP contribution is 2.10. The fraction of sp³-hybridized carbons (Fsp3) is 0.500. The van der Waals surface area contributed by atoms with Crippen LogP contribution >= 0.6 is 23.2 Å². The number of pyridine rings is 1. The molecule has 0 saturated carbocycles. The maximum Gasteiger partial charge on any atom is 0.255 e. The van der Waals surface area contributed by atoms with E-state index in [1.54, 1.807) is 11.0 Å². The molecule has 0 atom stereocenters. The van der Waals surface area contributed by atoms with Crippen LogP contribution in [0, 0.1) is 13.8 Å². The normalized spacial score (nSPS) is 10.4. The van der Waals surface area contributed by atoms with Crippen molar-refractivity contribution >= 4 is 29.1 Å². The Morgan fingerprint density at radius 2 is 1.82 bits per heavy atom. The third-order valence-corrected chi connectivity index (χ3v) is 2.79. The smallest absolute Gasteiger partial charge is 0.255 e. The summed E-state index contributed by atoms with van der Waals surface area (Å²) in [7, 11) is 0. The number of carbonyl (C=O) groups excluding carboxylic acids is 1. The summed E-state index contributed by atoms with van der Waals surface area (Å²) in [5.41, 5.74) is 2.26. The summed E-state index contributed by atoms with van der Waals surface area (Å²) in [6.07, 6.45) is 0. The molecule has 1 heterocycles. The molecule has 5 heteroatoms. The topological polar surface area (TPSA) is 33.2 Å². The van der Waals surface area contributed by atoms with E-state index >= 15 is 0 Å². The molecule has 94 valence electrons. The number of carbonyl (C=O) groups is 1. The fourth-order valence-corrected chi connectivity index (χ4v) is 2.01. The van der Waals surface area contributed by atoms with E-state index in [2.05, 4.69) is 4.98 Å². The Kier molecular flexibility index (Phi) is 5.72. The van der Waals surface area contributed by atoms with Crippen LogP contribution in [0.4, 0.5) is 0 Å². The molecule has 0 aliphatic carbocycles. The molecule has 0 spiro atoms. The first-order chi connectivity index (χ1) is 8.10. The molecule has 0 aromatic carbocycles. The number of aromatic nitrogens is 1. The minimum Gasteiger partial charge on any atom is -0.336 e. The van der Waals surface area contributed by atoms with Gasteiger partial charge in [0.2, 0.25) is 0 Å². The molecule has 1 aromatic heterocycles. The van der Waals surface area contributed by atoms with Crippen LogP contribution in [0.2, 0.25) is 0 Å². The Hall–Kier alpha value is -0.800. The summed E-state index contributed by atoms with van der Waals surface area (Å²) >= 11 is 11.4. The molecular formula is C12H16Cl2N2O. The van der Waals surface area contributed by atoms with Crippen LogP contribution in [0.15, 0.2) is 12.1 Å². The van der Waals surface area contributed by atoms with E-state index in [0.717, 1.165) is 11.4 Å². The van der Waals surface area contributed by atoms with Crippen molar-refractivity contribution in [3.8, 4) is 0 Å². The quantitative estimate of drug-likeness (QED) is 0.774. The summed E-state index contributed by atoms with van der Waals surface area (Å²) in [6, 6.07) is 3.63. The number of nitrogens with zero attached hydrogens (tertiary/aromatic N) is 2. The lowest BCUT2D eigenvalue weighted by Crippen LogP contribution is -2.35. The molecular weight excluding hydrogens is 259 g/mol. The van der Waals surface area contributed by atoms with E-state index in [1.807, 2.05) is 19.9 Å². The number of aryl methyl sites for hydroxylation is 2. The van der Waals surface area contributed by atoms with Crippen LogP contribution in [0.1, 0.15) is 21.7 Å². The van der Waals surface area contributed by atoms with Gasteiger partial charge in [-0.15, -0.1) is 23.2 Å². The summed E-state index contributed by atoms with van der Waals surface area (Å²) in [4.78, 5) is 18.2. The highest BCUT2D eigenvalue weighted by Gasteiger charge is 2.17. The molecule has 0 N–H and O–H groups in total. The Balaban J connectivity index is 2.92. The van der Waals surface area contributed by atoms with Gasteiger partial charge in [0.1, 0.15) is 0 Å². The monoisotopic (exact) mass is 274 g/mol. The van der Waals surface area contributed by atoms with Crippen molar-refractivity contribution < 1.29 is 4.79 Å². The molecule has 0 saturated heterocycles. The molecule has 1 amide bonds. The minimum absolute atomic E-state index is 0.0590. The molecule has 0 aliphatic rings. The molecule has 17 heavy (non-hydrogen) atoms. The molecule has 3 nitrogen and oxygen atoms in total. The van der Waals surface area contributed by atoms with Crippen LogP contribution in [0.25, 0.3) is 0 Å². The van der Waals surface area contributed by atoms with Gasteiger partial charge in [0.05, 0.1) is 11.3 Å². The number of alkyl halides is 2. The van der Waals surface area contributed by atoms with Crippen molar-refractivity contribution in [2.45, 2.75) is 13.8 Å². The maximum atomic E-state index is 12.2. The van der Waals surface area contributed by atoms with Gasteiger partial charge in [0.15, 0.2) is 0 Å². The summed E-state index contributed by atoms with van der Waals surface area (Å²) in [5.74, 6) is 0.748. The second-order valence-corrected chi connectivity index (χ2v) is 4.51. The minimum atomic E-state index is -0.0590. The lowest BCUT2D eigenvalue weighted by Gasteiger charge is -2.21. The van der Waals surface area contributed by atoms with Crippen molar-refractivity contribution in [2.75, 3.05) is 24.8 Å². The van der Waals surface area contributed by atoms with E-state index < -0.39 is 0 Å². The number of amides is 1. The van der Waals surface area contributed by atoms with Crippen molar-refractivity contribution in [3.63, 3.8) is 0 Å². The van der Waals surface area contributed by atoms with Crippen LogP contribution in [0.3, 0.4) is 0 Å². The van der Waals surface area contributed by atoms with Crippen LogP contribution in [0.5, 0.6) is 0 Å².